The van der Waals surface area contributed by atoms with Gasteiger partial charge in [0.05, 0.1) is 6.54 Å². The van der Waals surface area contributed by atoms with E-state index in [1.165, 1.54) is 25.8 Å². The van der Waals surface area contributed by atoms with Crippen molar-refractivity contribution in [2.75, 3.05) is 26.2 Å². The number of likely N-dealkylation sites (tertiary alicyclic amines) is 2. The number of carbonyl (C=O) groups is 1. The van der Waals surface area contributed by atoms with Gasteiger partial charge in [0, 0.05) is 32.1 Å². The van der Waals surface area contributed by atoms with Crippen molar-refractivity contribution in [3.63, 3.8) is 0 Å². The number of piperidine rings is 1. The molecule has 21 heavy (non-hydrogen) atoms. The lowest BCUT2D eigenvalue weighted by molar-refractivity contribution is -0.127. The normalized spacial score (nSPS) is 23.9. The Morgan fingerprint density at radius 2 is 2.14 bits per heavy atom. The summed E-state index contributed by atoms with van der Waals surface area (Å²) in [5, 5.41) is 4.22. The Bertz CT molecular complexity index is 447. The standard InChI is InChI=1S/C15H25N5O/c21-15-6-3-8-19(15)10-4-9-18-7-2-1-5-14(18)11-20-13-16-12-17-20/h12-14H,1-11H2/t14-/m0/s1. The highest BCUT2D eigenvalue weighted by Crippen LogP contribution is 2.19. The zero-order valence-corrected chi connectivity index (χ0v) is 12.7. The maximum Gasteiger partial charge on any atom is 0.222 e. The Balaban J connectivity index is 1.46. The Morgan fingerprint density at radius 3 is 2.90 bits per heavy atom. The van der Waals surface area contributed by atoms with Gasteiger partial charge in [-0.05, 0) is 32.2 Å². The van der Waals surface area contributed by atoms with Crippen LogP contribution < -0.4 is 0 Å². The molecule has 0 saturated carbocycles. The summed E-state index contributed by atoms with van der Waals surface area (Å²) >= 11 is 0. The predicted octanol–water partition coefficient (Wildman–Crippen LogP) is 1.15. The lowest BCUT2D eigenvalue weighted by atomic mass is 10.0. The van der Waals surface area contributed by atoms with E-state index in [0.29, 0.717) is 11.9 Å². The lowest BCUT2D eigenvalue weighted by Gasteiger charge is -2.35. The van der Waals surface area contributed by atoms with E-state index in [1.54, 1.807) is 12.7 Å². The number of rotatable bonds is 6. The molecule has 3 heterocycles. The number of hydrogen-bond donors (Lipinski definition) is 0. The molecule has 2 fully saturated rings. The molecule has 6 nitrogen and oxygen atoms in total. The summed E-state index contributed by atoms with van der Waals surface area (Å²) < 4.78 is 1.94. The lowest BCUT2D eigenvalue weighted by Crippen LogP contribution is -2.43. The van der Waals surface area contributed by atoms with E-state index < -0.39 is 0 Å². The molecule has 0 aromatic carbocycles. The topological polar surface area (TPSA) is 54.3 Å². The van der Waals surface area contributed by atoms with Crippen LogP contribution in [-0.2, 0) is 11.3 Å². The zero-order valence-electron chi connectivity index (χ0n) is 12.7. The average molecular weight is 291 g/mol. The van der Waals surface area contributed by atoms with Crippen molar-refractivity contribution >= 4 is 5.91 Å². The van der Waals surface area contributed by atoms with Gasteiger partial charge in [0.15, 0.2) is 0 Å². The molecule has 0 N–H and O–H groups in total. The van der Waals surface area contributed by atoms with Gasteiger partial charge >= 0.3 is 0 Å². The number of nitrogens with zero attached hydrogens (tertiary/aromatic N) is 5. The van der Waals surface area contributed by atoms with Crippen molar-refractivity contribution in [3.05, 3.63) is 12.7 Å². The molecule has 0 radical (unpaired) electrons. The summed E-state index contributed by atoms with van der Waals surface area (Å²) in [6, 6.07) is 0.565. The fourth-order valence-electron chi connectivity index (χ4n) is 3.51. The zero-order chi connectivity index (χ0) is 14.5. The Morgan fingerprint density at radius 1 is 1.19 bits per heavy atom. The fraction of sp³-hybridized carbons (Fsp3) is 0.800. The molecule has 1 aromatic rings. The first-order valence-corrected chi connectivity index (χ1v) is 8.17. The number of aromatic nitrogens is 3. The Labute approximate surface area is 126 Å². The summed E-state index contributed by atoms with van der Waals surface area (Å²) in [6.07, 6.45) is 10.1. The minimum Gasteiger partial charge on any atom is -0.343 e. The minimum absolute atomic E-state index is 0.341. The third kappa shape index (κ3) is 3.81. The molecule has 1 amide bonds. The van der Waals surface area contributed by atoms with Gasteiger partial charge in [-0.15, -0.1) is 0 Å². The largest absolute Gasteiger partial charge is 0.343 e. The molecule has 2 saturated heterocycles. The smallest absolute Gasteiger partial charge is 0.222 e. The summed E-state index contributed by atoms with van der Waals surface area (Å²) in [7, 11) is 0. The quantitative estimate of drug-likeness (QED) is 0.789. The summed E-state index contributed by atoms with van der Waals surface area (Å²) in [4.78, 5) is 20.3. The maximum absolute atomic E-state index is 11.6. The minimum atomic E-state index is 0.341. The molecule has 0 bridgehead atoms. The van der Waals surface area contributed by atoms with Crippen molar-refractivity contribution < 1.29 is 4.79 Å². The fourth-order valence-corrected chi connectivity index (χ4v) is 3.51. The SMILES string of the molecule is O=C1CCCN1CCCN1CCCC[C@H]1Cn1cncn1. The van der Waals surface area contributed by atoms with Crippen LogP contribution in [0, 0.1) is 0 Å². The number of hydrogen-bond acceptors (Lipinski definition) is 4. The van der Waals surface area contributed by atoms with E-state index in [9.17, 15) is 4.79 Å². The molecule has 0 aliphatic carbocycles. The van der Waals surface area contributed by atoms with Crippen molar-refractivity contribution in [3.8, 4) is 0 Å². The van der Waals surface area contributed by atoms with Crippen LogP contribution in [0.25, 0.3) is 0 Å². The second-order valence-corrected chi connectivity index (χ2v) is 6.14. The predicted molar refractivity (Wildman–Crippen MR) is 79.7 cm³/mol. The second-order valence-electron chi connectivity index (χ2n) is 6.14. The summed E-state index contributed by atoms with van der Waals surface area (Å²) in [6.45, 7) is 5.08. The molecule has 0 unspecified atom stereocenters. The highest BCUT2D eigenvalue weighted by Gasteiger charge is 2.24. The molecule has 3 rings (SSSR count). The van der Waals surface area contributed by atoms with Gasteiger partial charge in [0.2, 0.25) is 5.91 Å². The highest BCUT2D eigenvalue weighted by atomic mass is 16.2. The third-order valence-corrected chi connectivity index (χ3v) is 4.66. The first-order valence-electron chi connectivity index (χ1n) is 8.17. The van der Waals surface area contributed by atoms with Crippen LogP contribution in [0.5, 0.6) is 0 Å². The van der Waals surface area contributed by atoms with Crippen molar-refractivity contribution in [2.45, 2.75) is 51.1 Å². The summed E-state index contributed by atoms with van der Waals surface area (Å²) in [5.41, 5.74) is 0. The van der Waals surface area contributed by atoms with Crippen LogP contribution in [0.2, 0.25) is 0 Å². The Hall–Kier alpha value is -1.43. The summed E-state index contributed by atoms with van der Waals surface area (Å²) in [5.74, 6) is 0.341. The van der Waals surface area contributed by atoms with Crippen LogP contribution in [0.3, 0.4) is 0 Å². The number of amides is 1. The van der Waals surface area contributed by atoms with E-state index in [2.05, 4.69) is 15.0 Å². The van der Waals surface area contributed by atoms with Crippen LogP contribution in [0.15, 0.2) is 12.7 Å². The van der Waals surface area contributed by atoms with Gasteiger partial charge in [-0.2, -0.15) is 5.10 Å². The maximum atomic E-state index is 11.6. The van der Waals surface area contributed by atoms with E-state index in [-0.39, 0.29) is 0 Å². The van der Waals surface area contributed by atoms with E-state index in [4.69, 9.17) is 0 Å². The van der Waals surface area contributed by atoms with Gasteiger partial charge in [0.1, 0.15) is 12.7 Å². The van der Waals surface area contributed by atoms with Crippen LogP contribution in [0.1, 0.15) is 38.5 Å². The molecule has 116 valence electrons. The molecule has 2 aliphatic rings. The van der Waals surface area contributed by atoms with Crippen molar-refractivity contribution in [1.29, 1.82) is 0 Å². The second kappa shape index (κ2) is 7.02. The van der Waals surface area contributed by atoms with Gasteiger partial charge in [-0.1, -0.05) is 6.42 Å². The van der Waals surface area contributed by atoms with Crippen LogP contribution in [-0.4, -0.2) is 62.7 Å². The third-order valence-electron chi connectivity index (χ3n) is 4.66. The molecular weight excluding hydrogens is 266 g/mol. The Kier molecular flexibility index (Phi) is 4.85. The van der Waals surface area contributed by atoms with Crippen molar-refractivity contribution in [1.82, 2.24) is 24.6 Å². The molecule has 1 aromatic heterocycles. The first-order chi connectivity index (χ1) is 10.3. The molecule has 1 atom stereocenters. The van der Waals surface area contributed by atoms with Gasteiger partial charge in [0.25, 0.3) is 0 Å². The van der Waals surface area contributed by atoms with E-state index in [1.807, 2.05) is 9.58 Å². The first kappa shape index (κ1) is 14.5. The van der Waals surface area contributed by atoms with Crippen molar-refractivity contribution in [2.24, 2.45) is 0 Å². The molecule has 2 aliphatic heterocycles. The molecule has 0 spiro atoms. The van der Waals surface area contributed by atoms with Crippen LogP contribution in [0.4, 0.5) is 0 Å². The molecule has 6 heteroatoms. The van der Waals surface area contributed by atoms with E-state index in [0.717, 1.165) is 45.4 Å². The van der Waals surface area contributed by atoms with E-state index >= 15 is 0 Å². The highest BCUT2D eigenvalue weighted by molar-refractivity contribution is 5.77. The van der Waals surface area contributed by atoms with Gasteiger partial charge < -0.3 is 4.90 Å². The average Bonchev–Trinajstić information content (AvgIpc) is 3.13. The van der Waals surface area contributed by atoms with Gasteiger partial charge in [-0.25, -0.2) is 4.98 Å². The molecular formula is C15H25N5O. The monoisotopic (exact) mass is 291 g/mol. The number of carbonyl (C=O) groups excluding carboxylic acids is 1. The van der Waals surface area contributed by atoms with Crippen LogP contribution >= 0.6 is 0 Å². The van der Waals surface area contributed by atoms with Gasteiger partial charge in [-0.3, -0.25) is 14.4 Å².